The summed E-state index contributed by atoms with van der Waals surface area (Å²) < 4.78 is 38.9. The third kappa shape index (κ3) is 3.68. The summed E-state index contributed by atoms with van der Waals surface area (Å²) in [6.07, 6.45) is -1.01. The van der Waals surface area contributed by atoms with Crippen molar-refractivity contribution in [3.8, 4) is 5.82 Å². The zero-order valence-electron chi connectivity index (χ0n) is 12.9. The molecule has 3 heterocycles. The highest BCUT2D eigenvalue weighted by atomic mass is 19.4. The molecule has 0 amide bonds. The number of anilines is 2. The number of rotatable bonds is 4. The number of nitrogens with zero attached hydrogens (tertiary/aromatic N) is 6. The first-order valence-corrected chi connectivity index (χ1v) is 7.03. The molecule has 3 aromatic heterocycles. The molecule has 0 radical (unpaired) electrons. The topological polar surface area (TPSA) is 127 Å². The summed E-state index contributed by atoms with van der Waals surface area (Å²) in [5.41, 5.74) is 5.37. The quantitative estimate of drug-likeness (QED) is 0.279. The van der Waals surface area contributed by atoms with Gasteiger partial charge in [-0.3, -0.25) is 4.98 Å². The van der Waals surface area contributed by atoms with Gasteiger partial charge in [-0.1, -0.05) is 5.16 Å². The SMILES string of the molecule is N/C(=N/O)c1ccc(Nc2ncn(-c3ccc(C(F)(F)F)cn3)n2)cn1. The van der Waals surface area contributed by atoms with Gasteiger partial charge in [-0.05, 0) is 24.3 Å². The summed E-state index contributed by atoms with van der Waals surface area (Å²) in [5.74, 6) is 0.233. The Kier molecular flexibility index (Phi) is 4.39. The highest BCUT2D eigenvalue weighted by Crippen LogP contribution is 2.28. The van der Waals surface area contributed by atoms with Crippen LogP contribution in [0.2, 0.25) is 0 Å². The molecule has 9 nitrogen and oxygen atoms in total. The zero-order chi connectivity index (χ0) is 18.7. The Bertz CT molecular complexity index is 919. The lowest BCUT2D eigenvalue weighted by atomic mass is 10.3. The van der Waals surface area contributed by atoms with E-state index in [1.165, 1.54) is 29.3 Å². The fourth-order valence-corrected chi connectivity index (χ4v) is 1.92. The number of alkyl halides is 3. The van der Waals surface area contributed by atoms with E-state index in [9.17, 15) is 13.2 Å². The Hall–Kier alpha value is -3.70. The van der Waals surface area contributed by atoms with Crippen LogP contribution in [0.3, 0.4) is 0 Å². The predicted molar refractivity (Wildman–Crippen MR) is 84.2 cm³/mol. The van der Waals surface area contributed by atoms with E-state index < -0.39 is 11.7 Å². The van der Waals surface area contributed by atoms with E-state index in [-0.39, 0.29) is 23.3 Å². The molecule has 0 unspecified atom stereocenters. The van der Waals surface area contributed by atoms with Gasteiger partial charge in [0.05, 0.1) is 17.4 Å². The summed E-state index contributed by atoms with van der Waals surface area (Å²) >= 11 is 0. The third-order valence-electron chi connectivity index (χ3n) is 3.19. The minimum atomic E-state index is -4.45. The van der Waals surface area contributed by atoms with Crippen molar-refractivity contribution in [2.75, 3.05) is 5.32 Å². The van der Waals surface area contributed by atoms with Crippen molar-refractivity contribution < 1.29 is 18.4 Å². The van der Waals surface area contributed by atoms with Crippen LogP contribution in [0.1, 0.15) is 11.3 Å². The Morgan fingerprint density at radius 3 is 2.50 bits per heavy atom. The molecule has 0 saturated carbocycles. The van der Waals surface area contributed by atoms with Crippen molar-refractivity contribution in [2.24, 2.45) is 10.9 Å². The molecule has 0 aliphatic heterocycles. The lowest BCUT2D eigenvalue weighted by molar-refractivity contribution is -0.137. The van der Waals surface area contributed by atoms with Crippen LogP contribution in [0, 0.1) is 0 Å². The van der Waals surface area contributed by atoms with Crippen molar-refractivity contribution in [3.05, 3.63) is 54.2 Å². The number of nitrogens with two attached hydrogens (primary N) is 1. The number of aromatic nitrogens is 5. The number of hydrogen-bond acceptors (Lipinski definition) is 7. The Morgan fingerprint density at radius 1 is 1.12 bits per heavy atom. The van der Waals surface area contributed by atoms with Crippen LogP contribution in [-0.4, -0.2) is 35.8 Å². The van der Waals surface area contributed by atoms with E-state index in [1.54, 1.807) is 6.07 Å². The number of halogens is 3. The van der Waals surface area contributed by atoms with Gasteiger partial charge in [0.2, 0.25) is 5.95 Å². The number of oxime groups is 1. The van der Waals surface area contributed by atoms with E-state index in [0.29, 0.717) is 5.69 Å². The standard InChI is InChI=1S/C14H11F3N8O/c15-14(16,17)8-1-4-11(20-5-8)25-7-21-13(23-25)22-9-2-3-10(19-6-9)12(18)24-26/h1-7,26H,(H2,18,24)(H,22,23). The van der Waals surface area contributed by atoms with Crippen LogP contribution >= 0.6 is 0 Å². The number of pyridine rings is 2. The van der Waals surface area contributed by atoms with Crippen molar-refractivity contribution >= 4 is 17.5 Å². The van der Waals surface area contributed by atoms with E-state index in [4.69, 9.17) is 10.9 Å². The predicted octanol–water partition coefficient (Wildman–Crippen LogP) is 1.91. The number of nitrogens with one attached hydrogen (secondary N) is 1. The molecule has 0 spiro atoms. The summed E-state index contributed by atoms with van der Waals surface area (Å²) in [4.78, 5) is 11.7. The first-order chi connectivity index (χ1) is 12.4. The third-order valence-corrected chi connectivity index (χ3v) is 3.19. The van der Waals surface area contributed by atoms with Crippen LogP contribution < -0.4 is 11.1 Å². The Balaban J connectivity index is 1.74. The summed E-state index contributed by atoms with van der Waals surface area (Å²) in [6.45, 7) is 0. The maximum Gasteiger partial charge on any atom is 0.417 e. The van der Waals surface area contributed by atoms with Crippen LogP contribution in [0.4, 0.5) is 24.8 Å². The van der Waals surface area contributed by atoms with Crippen LogP contribution in [0.15, 0.2) is 48.1 Å². The van der Waals surface area contributed by atoms with E-state index in [2.05, 4.69) is 30.5 Å². The highest BCUT2D eigenvalue weighted by Gasteiger charge is 2.30. The van der Waals surface area contributed by atoms with Crippen molar-refractivity contribution in [2.45, 2.75) is 6.18 Å². The van der Waals surface area contributed by atoms with Crippen LogP contribution in [0.25, 0.3) is 5.82 Å². The second-order valence-electron chi connectivity index (χ2n) is 4.96. The Labute approximate surface area is 144 Å². The van der Waals surface area contributed by atoms with Crippen molar-refractivity contribution in [1.29, 1.82) is 0 Å². The first-order valence-electron chi connectivity index (χ1n) is 7.03. The van der Waals surface area contributed by atoms with E-state index in [1.807, 2.05) is 0 Å². The molecule has 3 rings (SSSR count). The van der Waals surface area contributed by atoms with Gasteiger partial charge in [0.1, 0.15) is 12.0 Å². The minimum Gasteiger partial charge on any atom is -0.409 e. The monoisotopic (exact) mass is 364 g/mol. The van der Waals surface area contributed by atoms with Gasteiger partial charge in [-0.15, -0.1) is 5.10 Å². The van der Waals surface area contributed by atoms with Gasteiger partial charge in [-0.25, -0.2) is 9.67 Å². The van der Waals surface area contributed by atoms with Gasteiger partial charge >= 0.3 is 6.18 Å². The van der Waals surface area contributed by atoms with Crippen molar-refractivity contribution in [1.82, 2.24) is 24.7 Å². The average molecular weight is 364 g/mol. The zero-order valence-corrected chi connectivity index (χ0v) is 12.9. The maximum absolute atomic E-state index is 12.5. The van der Waals surface area contributed by atoms with Gasteiger partial charge in [0, 0.05) is 6.20 Å². The average Bonchev–Trinajstić information content (AvgIpc) is 3.09. The molecule has 4 N–H and O–H groups in total. The van der Waals surface area contributed by atoms with Gasteiger partial charge in [-0.2, -0.15) is 18.2 Å². The van der Waals surface area contributed by atoms with Gasteiger partial charge < -0.3 is 16.3 Å². The Morgan fingerprint density at radius 2 is 1.92 bits per heavy atom. The fraction of sp³-hybridized carbons (Fsp3) is 0.0714. The number of amidine groups is 1. The van der Waals surface area contributed by atoms with Gasteiger partial charge in [0.25, 0.3) is 0 Å². The number of hydrogen-bond donors (Lipinski definition) is 3. The van der Waals surface area contributed by atoms with Crippen LogP contribution in [-0.2, 0) is 6.18 Å². The van der Waals surface area contributed by atoms with Gasteiger partial charge in [0.15, 0.2) is 11.7 Å². The molecule has 0 fully saturated rings. The molecule has 0 aliphatic carbocycles. The second kappa shape index (κ2) is 6.66. The van der Waals surface area contributed by atoms with E-state index in [0.717, 1.165) is 12.3 Å². The summed E-state index contributed by atoms with van der Waals surface area (Å²) in [6, 6.07) is 5.23. The summed E-state index contributed by atoms with van der Waals surface area (Å²) in [5, 5.41) is 18.4. The molecule has 3 aromatic rings. The van der Waals surface area contributed by atoms with E-state index >= 15 is 0 Å². The first kappa shape index (κ1) is 17.1. The smallest absolute Gasteiger partial charge is 0.409 e. The summed E-state index contributed by atoms with van der Waals surface area (Å²) in [7, 11) is 0. The maximum atomic E-state index is 12.5. The molecule has 0 bridgehead atoms. The molecule has 26 heavy (non-hydrogen) atoms. The normalized spacial score (nSPS) is 12.2. The molecule has 0 atom stereocenters. The second-order valence-corrected chi connectivity index (χ2v) is 4.96. The molecule has 0 aromatic carbocycles. The largest absolute Gasteiger partial charge is 0.417 e. The molecule has 12 heteroatoms. The lowest BCUT2D eigenvalue weighted by Crippen LogP contribution is -2.14. The van der Waals surface area contributed by atoms with Crippen LogP contribution in [0.5, 0.6) is 0 Å². The minimum absolute atomic E-state index is 0.132. The molecular weight excluding hydrogens is 353 g/mol. The fourth-order valence-electron chi connectivity index (χ4n) is 1.92. The molecule has 134 valence electrons. The molecule has 0 saturated heterocycles. The lowest BCUT2D eigenvalue weighted by Gasteiger charge is -2.06. The molecule has 0 aliphatic rings. The van der Waals surface area contributed by atoms with Crippen molar-refractivity contribution in [3.63, 3.8) is 0 Å². The highest BCUT2D eigenvalue weighted by molar-refractivity contribution is 5.95. The molecular formula is C14H11F3N8O.